The van der Waals surface area contributed by atoms with Crippen molar-refractivity contribution in [3.8, 4) is 0 Å². The third-order valence-corrected chi connectivity index (χ3v) is 1.36. The molecule has 3 N–H and O–H groups in total. The smallest absolute Gasteiger partial charge is 0.348 e. The van der Waals surface area contributed by atoms with Crippen molar-refractivity contribution in [3.63, 3.8) is 0 Å². The Hall–Kier alpha value is -1.47. The van der Waals surface area contributed by atoms with E-state index in [4.69, 9.17) is 10.2 Å². The monoisotopic (exact) mass is 173 g/mol. The minimum absolute atomic E-state index is 0.0116. The zero-order valence-electron chi connectivity index (χ0n) is 5.97. The van der Waals surface area contributed by atoms with E-state index in [1.54, 1.807) is 0 Å². The lowest BCUT2D eigenvalue weighted by Crippen LogP contribution is -2.04. The number of hydrogen-bond acceptors (Lipinski definition) is 5. The summed E-state index contributed by atoms with van der Waals surface area (Å²) in [7, 11) is 0. The van der Waals surface area contributed by atoms with Gasteiger partial charge in [-0.05, 0) is 4.92 Å². The second kappa shape index (κ2) is 3.28. The number of aromatic nitrogens is 2. The van der Waals surface area contributed by atoms with Crippen LogP contribution in [0.2, 0.25) is 0 Å². The molecule has 7 nitrogen and oxygen atoms in total. The van der Waals surface area contributed by atoms with E-state index >= 15 is 0 Å². The van der Waals surface area contributed by atoms with Gasteiger partial charge >= 0.3 is 5.82 Å². The molecule has 0 bridgehead atoms. The highest BCUT2D eigenvalue weighted by molar-refractivity contribution is 5.31. The summed E-state index contributed by atoms with van der Waals surface area (Å²) in [5.41, 5.74) is -0.0116. The first-order chi connectivity index (χ1) is 5.66. The van der Waals surface area contributed by atoms with Crippen LogP contribution in [0, 0.1) is 10.1 Å². The third-order valence-electron chi connectivity index (χ3n) is 1.36. The molecule has 0 amide bonds. The number of nitrogens with zero attached hydrogens (tertiary/aromatic N) is 2. The van der Waals surface area contributed by atoms with E-state index in [1.165, 1.54) is 0 Å². The molecule has 0 aliphatic carbocycles. The Morgan fingerprint density at radius 3 is 3.00 bits per heavy atom. The van der Waals surface area contributed by atoms with Crippen molar-refractivity contribution in [1.29, 1.82) is 0 Å². The highest BCUT2D eigenvalue weighted by Gasteiger charge is 2.20. The van der Waals surface area contributed by atoms with E-state index in [2.05, 4.69) is 10.2 Å². The summed E-state index contributed by atoms with van der Waals surface area (Å²) in [6, 6.07) is 0. The van der Waals surface area contributed by atoms with Crippen LogP contribution in [0.1, 0.15) is 11.7 Å². The largest absolute Gasteiger partial charge is 0.393 e. The maximum atomic E-state index is 10.2. The SMILES string of the molecule is O=[N+]([O-])c1[nH]ncc1C(O)CO. The fraction of sp³-hybridized carbons (Fsp3) is 0.400. The molecule has 1 rings (SSSR count). The van der Waals surface area contributed by atoms with Gasteiger partial charge in [0.05, 0.1) is 12.8 Å². The number of H-pyrrole nitrogens is 1. The van der Waals surface area contributed by atoms with Gasteiger partial charge < -0.3 is 20.3 Å². The summed E-state index contributed by atoms with van der Waals surface area (Å²) in [6.07, 6.45) is -0.150. The van der Waals surface area contributed by atoms with Gasteiger partial charge in [-0.3, -0.25) is 0 Å². The molecule has 0 aromatic carbocycles. The summed E-state index contributed by atoms with van der Waals surface area (Å²) in [5.74, 6) is -0.392. The van der Waals surface area contributed by atoms with E-state index in [0.717, 1.165) is 6.20 Å². The summed E-state index contributed by atoms with van der Waals surface area (Å²) >= 11 is 0. The Balaban J connectivity index is 2.98. The number of nitro groups is 1. The molecule has 12 heavy (non-hydrogen) atoms. The van der Waals surface area contributed by atoms with Crippen LogP contribution in [0.4, 0.5) is 5.82 Å². The van der Waals surface area contributed by atoms with Crippen LogP contribution in [0.25, 0.3) is 0 Å². The number of aromatic amines is 1. The molecular weight excluding hydrogens is 166 g/mol. The lowest BCUT2D eigenvalue weighted by Gasteiger charge is -2.02. The number of aliphatic hydroxyl groups excluding tert-OH is 2. The van der Waals surface area contributed by atoms with E-state index in [1.807, 2.05) is 0 Å². The van der Waals surface area contributed by atoms with Crippen LogP contribution in [-0.2, 0) is 0 Å². The van der Waals surface area contributed by atoms with Gasteiger partial charge in [-0.1, -0.05) is 5.10 Å². The van der Waals surface area contributed by atoms with E-state index in [-0.39, 0.29) is 5.56 Å². The van der Waals surface area contributed by atoms with Crippen LogP contribution < -0.4 is 0 Å². The molecule has 1 aromatic heterocycles. The lowest BCUT2D eigenvalue weighted by molar-refractivity contribution is -0.390. The maximum absolute atomic E-state index is 10.2. The van der Waals surface area contributed by atoms with Crippen molar-refractivity contribution in [1.82, 2.24) is 10.2 Å². The minimum atomic E-state index is -1.26. The zero-order chi connectivity index (χ0) is 9.14. The van der Waals surface area contributed by atoms with Gasteiger partial charge in [-0.25, -0.2) is 0 Å². The predicted octanol–water partition coefficient (Wildman–Crippen LogP) is -0.656. The maximum Gasteiger partial charge on any atom is 0.348 e. The average Bonchev–Trinajstić information content (AvgIpc) is 2.50. The molecule has 0 aliphatic rings. The van der Waals surface area contributed by atoms with Crippen molar-refractivity contribution in [2.45, 2.75) is 6.10 Å². The molecule has 0 spiro atoms. The quantitative estimate of drug-likeness (QED) is 0.415. The number of rotatable bonds is 3. The molecule has 0 radical (unpaired) electrons. The molecule has 1 unspecified atom stereocenters. The highest BCUT2D eigenvalue weighted by Crippen LogP contribution is 2.20. The normalized spacial score (nSPS) is 12.8. The van der Waals surface area contributed by atoms with Crippen LogP contribution >= 0.6 is 0 Å². The summed E-state index contributed by atoms with van der Waals surface area (Å²) in [4.78, 5) is 9.54. The van der Waals surface area contributed by atoms with Crippen molar-refractivity contribution in [2.24, 2.45) is 0 Å². The van der Waals surface area contributed by atoms with Gasteiger partial charge in [0.1, 0.15) is 11.7 Å². The molecule has 0 saturated heterocycles. The van der Waals surface area contributed by atoms with Crippen molar-refractivity contribution >= 4 is 5.82 Å². The predicted molar refractivity (Wildman–Crippen MR) is 37.3 cm³/mol. The Labute approximate surface area is 66.8 Å². The van der Waals surface area contributed by atoms with Crippen LogP contribution in [0.3, 0.4) is 0 Å². The van der Waals surface area contributed by atoms with Crippen LogP contribution in [-0.4, -0.2) is 31.9 Å². The van der Waals surface area contributed by atoms with Crippen molar-refractivity contribution < 1.29 is 15.1 Å². The fourth-order valence-electron chi connectivity index (χ4n) is 0.777. The molecule has 66 valence electrons. The van der Waals surface area contributed by atoms with E-state index in [9.17, 15) is 10.1 Å². The fourth-order valence-corrected chi connectivity index (χ4v) is 0.777. The molecular formula is C5H7N3O4. The number of hydrogen-bond donors (Lipinski definition) is 3. The molecule has 1 atom stereocenters. The topological polar surface area (TPSA) is 112 Å². The minimum Gasteiger partial charge on any atom is -0.393 e. The molecule has 1 aromatic rings. The highest BCUT2D eigenvalue weighted by atomic mass is 16.6. The second-order valence-corrected chi connectivity index (χ2v) is 2.13. The molecule has 0 aliphatic heterocycles. The third kappa shape index (κ3) is 1.41. The van der Waals surface area contributed by atoms with Gasteiger partial charge in [0.25, 0.3) is 0 Å². The van der Waals surface area contributed by atoms with Gasteiger partial charge in [-0.15, -0.1) is 5.10 Å². The standard InChI is InChI=1S/C5H7N3O4/c9-2-4(10)3-1-6-7-5(3)8(11)12/h1,4,9-10H,2H2,(H,6,7). The van der Waals surface area contributed by atoms with Gasteiger partial charge in [-0.2, -0.15) is 0 Å². The van der Waals surface area contributed by atoms with E-state index in [0.29, 0.717) is 0 Å². The lowest BCUT2D eigenvalue weighted by atomic mass is 10.2. The Kier molecular flexibility index (Phi) is 2.36. The molecule has 0 fully saturated rings. The average molecular weight is 173 g/mol. The van der Waals surface area contributed by atoms with Crippen LogP contribution in [0.15, 0.2) is 6.20 Å². The first kappa shape index (κ1) is 8.62. The number of aliphatic hydroxyl groups is 2. The summed E-state index contributed by atoms with van der Waals surface area (Å²) in [6.45, 7) is -0.569. The second-order valence-electron chi connectivity index (χ2n) is 2.13. The van der Waals surface area contributed by atoms with Gasteiger partial charge in [0, 0.05) is 0 Å². The number of nitrogens with one attached hydrogen (secondary N) is 1. The first-order valence-corrected chi connectivity index (χ1v) is 3.13. The first-order valence-electron chi connectivity index (χ1n) is 3.13. The Morgan fingerprint density at radius 2 is 2.50 bits per heavy atom. The molecule has 0 saturated carbocycles. The van der Waals surface area contributed by atoms with E-state index < -0.39 is 23.5 Å². The summed E-state index contributed by atoms with van der Waals surface area (Å²) in [5, 5.41) is 33.3. The summed E-state index contributed by atoms with van der Waals surface area (Å²) < 4.78 is 0. The molecule has 7 heteroatoms. The Bertz CT molecular complexity index is 284. The van der Waals surface area contributed by atoms with Gasteiger partial charge in [0.2, 0.25) is 0 Å². The van der Waals surface area contributed by atoms with Crippen molar-refractivity contribution in [3.05, 3.63) is 21.9 Å². The van der Waals surface area contributed by atoms with Crippen LogP contribution in [0.5, 0.6) is 0 Å². The zero-order valence-corrected chi connectivity index (χ0v) is 5.97. The van der Waals surface area contributed by atoms with Gasteiger partial charge in [0.15, 0.2) is 0 Å². The Morgan fingerprint density at radius 1 is 1.83 bits per heavy atom. The molecule has 1 heterocycles. The van der Waals surface area contributed by atoms with Crippen molar-refractivity contribution in [2.75, 3.05) is 6.61 Å².